The van der Waals surface area contributed by atoms with E-state index in [9.17, 15) is 0 Å². The molecule has 7 nitrogen and oxygen atoms in total. The van der Waals surface area contributed by atoms with Crippen molar-refractivity contribution in [3.05, 3.63) is 76.7 Å². The van der Waals surface area contributed by atoms with Gasteiger partial charge in [0.25, 0.3) is 0 Å². The molecule has 1 N–H and O–H groups in total. The molecule has 1 aromatic carbocycles. The molecule has 3 heterocycles. The van der Waals surface area contributed by atoms with E-state index in [4.69, 9.17) is 19.5 Å². The molecule has 1 fully saturated rings. The number of hydrogen-bond donors (Lipinski definition) is 1. The zero-order valence-electron chi connectivity index (χ0n) is 20.7. The highest BCUT2D eigenvalue weighted by atomic mass is 79.9. The van der Waals surface area contributed by atoms with Crippen LogP contribution in [-0.4, -0.2) is 40.9 Å². The second-order valence-electron chi connectivity index (χ2n) is 9.22. The monoisotopic (exact) mass is 557 g/mol. The molecule has 2 aliphatic carbocycles. The van der Waals surface area contributed by atoms with E-state index in [1.807, 2.05) is 18.2 Å². The summed E-state index contributed by atoms with van der Waals surface area (Å²) >= 11 is 3.65. The molecule has 6 rings (SSSR count). The first-order valence-corrected chi connectivity index (χ1v) is 13.4. The minimum Gasteiger partial charge on any atom is -0.480 e. The van der Waals surface area contributed by atoms with Gasteiger partial charge in [0.15, 0.2) is 0 Å². The molecule has 0 radical (unpaired) electrons. The predicted octanol–water partition coefficient (Wildman–Crippen LogP) is 6.28. The van der Waals surface area contributed by atoms with Crippen LogP contribution in [0.1, 0.15) is 25.7 Å². The van der Waals surface area contributed by atoms with Gasteiger partial charge >= 0.3 is 0 Å². The number of methoxy groups -OCH3 is 1. The number of nitrogens with zero attached hydrogens (tertiary/aromatic N) is 4. The summed E-state index contributed by atoms with van der Waals surface area (Å²) in [5, 5.41) is 4.43. The molecule has 188 valence electrons. The van der Waals surface area contributed by atoms with Crippen LogP contribution < -0.4 is 15.4 Å². The first kappa shape index (κ1) is 23.9. The number of hydrogen-bond acceptors (Lipinski definition) is 6. The Hall–Kier alpha value is -3.49. The van der Waals surface area contributed by atoms with E-state index < -0.39 is 0 Å². The summed E-state index contributed by atoms with van der Waals surface area (Å²) in [5.74, 6) is 0.533. The summed E-state index contributed by atoms with van der Waals surface area (Å²) in [6.07, 6.45) is 9.79. The lowest BCUT2D eigenvalue weighted by molar-refractivity contribution is 0.0864. The van der Waals surface area contributed by atoms with Crippen molar-refractivity contribution >= 4 is 44.0 Å². The van der Waals surface area contributed by atoms with Gasteiger partial charge in [0.2, 0.25) is 5.88 Å². The van der Waals surface area contributed by atoms with Crippen LogP contribution in [-0.2, 0) is 4.74 Å². The smallest absolute Gasteiger partial charge is 0.237 e. The highest BCUT2D eigenvalue weighted by molar-refractivity contribution is 9.11. The summed E-state index contributed by atoms with van der Waals surface area (Å²) in [6.45, 7) is 1.47. The van der Waals surface area contributed by atoms with Gasteiger partial charge in [-0.3, -0.25) is 4.99 Å². The van der Waals surface area contributed by atoms with Crippen LogP contribution >= 0.6 is 15.9 Å². The fraction of sp³-hybridized carbons (Fsp3) is 0.276. The Morgan fingerprint density at radius 3 is 2.73 bits per heavy atom. The predicted molar refractivity (Wildman–Crippen MR) is 150 cm³/mol. The van der Waals surface area contributed by atoms with Crippen molar-refractivity contribution in [2.24, 2.45) is 4.99 Å². The maximum absolute atomic E-state index is 5.59. The number of para-hydroxylation sites is 2. The van der Waals surface area contributed by atoms with Crippen molar-refractivity contribution in [3.8, 4) is 17.3 Å². The molecule has 4 aliphatic rings. The maximum Gasteiger partial charge on any atom is 0.237 e. The van der Waals surface area contributed by atoms with Crippen LogP contribution in [0.15, 0.2) is 76.4 Å². The van der Waals surface area contributed by atoms with Crippen LogP contribution in [0.25, 0.3) is 28.1 Å². The fourth-order valence-corrected chi connectivity index (χ4v) is 5.28. The van der Waals surface area contributed by atoms with Gasteiger partial charge in [-0.2, -0.15) is 0 Å². The molecule has 1 saturated heterocycles. The Bertz CT molecular complexity index is 1550. The molecule has 1 aromatic heterocycles. The van der Waals surface area contributed by atoms with Crippen molar-refractivity contribution in [3.63, 3.8) is 0 Å². The molecule has 0 unspecified atom stereocenters. The molecule has 2 aliphatic heterocycles. The van der Waals surface area contributed by atoms with E-state index in [1.165, 1.54) is 10.2 Å². The van der Waals surface area contributed by atoms with Gasteiger partial charge in [-0.25, -0.2) is 9.97 Å². The fourth-order valence-electron chi connectivity index (χ4n) is 4.95. The molecule has 8 heteroatoms. The van der Waals surface area contributed by atoms with E-state index in [-0.39, 0.29) is 6.04 Å². The van der Waals surface area contributed by atoms with E-state index in [0.717, 1.165) is 78.1 Å². The molecule has 0 saturated carbocycles. The van der Waals surface area contributed by atoms with Gasteiger partial charge in [-0.05, 0) is 72.6 Å². The van der Waals surface area contributed by atoms with Crippen LogP contribution in [0, 0.1) is 0 Å². The van der Waals surface area contributed by atoms with E-state index in [2.05, 4.69) is 73.3 Å². The molecule has 0 bridgehead atoms. The van der Waals surface area contributed by atoms with Crippen molar-refractivity contribution in [1.29, 1.82) is 0 Å². The molecule has 0 spiro atoms. The third-order valence-corrected chi connectivity index (χ3v) is 7.47. The van der Waals surface area contributed by atoms with Gasteiger partial charge in [0, 0.05) is 25.1 Å². The molecular weight excluding hydrogens is 530 g/mol. The van der Waals surface area contributed by atoms with E-state index in [1.54, 1.807) is 13.3 Å². The Morgan fingerprint density at radius 2 is 1.92 bits per heavy atom. The summed E-state index contributed by atoms with van der Waals surface area (Å²) in [4.78, 5) is 14.6. The number of pyridine rings is 1. The summed E-state index contributed by atoms with van der Waals surface area (Å²) in [6, 6.07) is 16.6. The first-order chi connectivity index (χ1) is 18.2. The van der Waals surface area contributed by atoms with Crippen LogP contribution in [0.4, 0.5) is 11.4 Å². The number of nitrogens with one attached hydrogen (secondary N) is 1. The highest BCUT2D eigenvalue weighted by Crippen LogP contribution is 2.35. The lowest BCUT2D eigenvalue weighted by atomic mass is 10.1. The van der Waals surface area contributed by atoms with Crippen LogP contribution in [0.5, 0.6) is 5.88 Å². The molecule has 0 amide bonds. The number of halogens is 1. The average Bonchev–Trinajstić information content (AvgIpc) is 2.94. The zero-order chi connectivity index (χ0) is 25.2. The second kappa shape index (κ2) is 10.5. The SMILES string of the molecule is COc1ncccc1Nc1cc2nc3ccccc3n(C3=CC=C(Br)CC3)c-2cc1=NC1CCOCC1. The average molecular weight is 558 g/mol. The largest absolute Gasteiger partial charge is 0.480 e. The summed E-state index contributed by atoms with van der Waals surface area (Å²) < 4.78 is 14.6. The van der Waals surface area contributed by atoms with Crippen molar-refractivity contribution in [2.75, 3.05) is 25.6 Å². The third-order valence-electron chi connectivity index (χ3n) is 6.81. The van der Waals surface area contributed by atoms with E-state index in [0.29, 0.717) is 5.88 Å². The standard InChI is InChI=1S/C29H28BrN5O2/c1-36-29-23(6-4-14-31-29)34-24-17-26-28(18-25(24)32-20-12-15-37-16-13-20)35(21-10-8-19(30)9-11-21)27-7-3-2-5-22(27)33-26/h2-8,10,14,17-18,20,34H,9,11-13,15-16H2,1H3. The van der Waals surface area contributed by atoms with Crippen molar-refractivity contribution < 1.29 is 9.47 Å². The number of allylic oxidation sites excluding steroid dienone is 4. The Kier molecular flexibility index (Phi) is 6.76. The molecule has 2 aromatic rings. The molecule has 37 heavy (non-hydrogen) atoms. The minimum absolute atomic E-state index is 0.206. The number of rotatable bonds is 5. The number of ether oxygens (including phenoxy) is 2. The van der Waals surface area contributed by atoms with Gasteiger partial charge < -0.3 is 19.4 Å². The number of anilines is 2. The topological polar surface area (TPSA) is 73.6 Å². The normalized spacial score (nSPS) is 17.1. The number of aromatic nitrogens is 3. The number of fused-ring (bicyclic) bond motifs is 2. The Morgan fingerprint density at radius 1 is 1.05 bits per heavy atom. The summed E-state index contributed by atoms with van der Waals surface area (Å²) in [7, 11) is 1.63. The van der Waals surface area contributed by atoms with Crippen LogP contribution in [0.3, 0.4) is 0 Å². The number of benzene rings is 2. The first-order valence-electron chi connectivity index (χ1n) is 12.6. The minimum atomic E-state index is 0.206. The van der Waals surface area contributed by atoms with Crippen LogP contribution in [0.2, 0.25) is 0 Å². The summed E-state index contributed by atoms with van der Waals surface area (Å²) in [5.41, 5.74) is 6.85. The highest BCUT2D eigenvalue weighted by Gasteiger charge is 2.20. The lowest BCUT2D eigenvalue weighted by Crippen LogP contribution is -2.23. The molecular formula is C29H28BrN5O2. The second-order valence-corrected chi connectivity index (χ2v) is 10.2. The Labute approximate surface area is 224 Å². The van der Waals surface area contributed by atoms with Gasteiger partial charge in [0.1, 0.15) is 5.69 Å². The quantitative estimate of drug-likeness (QED) is 0.292. The van der Waals surface area contributed by atoms with Gasteiger partial charge in [-0.1, -0.05) is 34.1 Å². The maximum atomic E-state index is 5.59. The Balaban J connectivity index is 1.60. The van der Waals surface area contributed by atoms with Crippen molar-refractivity contribution in [2.45, 2.75) is 31.7 Å². The molecule has 0 atom stereocenters. The van der Waals surface area contributed by atoms with Gasteiger partial charge in [-0.15, -0.1) is 0 Å². The zero-order valence-corrected chi connectivity index (χ0v) is 22.2. The van der Waals surface area contributed by atoms with E-state index >= 15 is 0 Å². The third kappa shape index (κ3) is 4.91. The lowest BCUT2D eigenvalue weighted by Gasteiger charge is -2.24. The van der Waals surface area contributed by atoms with Crippen molar-refractivity contribution in [1.82, 2.24) is 14.5 Å². The van der Waals surface area contributed by atoms with Gasteiger partial charge in [0.05, 0.1) is 46.6 Å².